The fourth-order valence-electron chi connectivity index (χ4n) is 1.82. The summed E-state index contributed by atoms with van der Waals surface area (Å²) in [6.45, 7) is 1.76. The molecule has 0 aromatic carbocycles. The Labute approximate surface area is 61.7 Å². The molecule has 58 valence electrons. The number of ether oxygens (including phenoxy) is 1. The van der Waals surface area contributed by atoms with Crippen LogP contribution in [-0.4, -0.2) is 18.8 Å². The minimum Gasteiger partial charge on any atom is -0.381 e. The van der Waals surface area contributed by atoms with Crippen LogP contribution in [0.3, 0.4) is 0 Å². The maximum Gasteiger partial charge on any atom is 0.0483 e. The molecule has 2 rings (SSSR count). The van der Waals surface area contributed by atoms with Crippen molar-refractivity contribution in [3.8, 4) is 0 Å². The van der Waals surface area contributed by atoms with Gasteiger partial charge in [-0.15, -0.1) is 0 Å². The molecule has 0 bridgehead atoms. The first-order chi connectivity index (χ1) is 4.81. The van der Waals surface area contributed by atoms with E-state index in [4.69, 9.17) is 10.5 Å². The molecule has 2 fully saturated rings. The van der Waals surface area contributed by atoms with Gasteiger partial charge in [-0.25, -0.2) is 0 Å². The maximum absolute atomic E-state index is 6.18. The van der Waals surface area contributed by atoms with E-state index in [1.165, 1.54) is 12.8 Å². The highest BCUT2D eigenvalue weighted by Gasteiger charge is 2.42. The van der Waals surface area contributed by atoms with Gasteiger partial charge < -0.3 is 10.5 Å². The summed E-state index contributed by atoms with van der Waals surface area (Å²) in [6.07, 6.45) is 4.88. The van der Waals surface area contributed by atoms with Crippen molar-refractivity contribution in [1.82, 2.24) is 0 Å². The Kier molecular flexibility index (Phi) is 1.46. The zero-order chi connectivity index (χ0) is 7.03. The zero-order valence-corrected chi connectivity index (χ0v) is 6.31. The van der Waals surface area contributed by atoms with Gasteiger partial charge in [0, 0.05) is 18.8 Å². The molecule has 1 aliphatic carbocycles. The van der Waals surface area contributed by atoms with Crippen LogP contribution in [0.5, 0.6) is 0 Å². The first-order valence-corrected chi connectivity index (χ1v) is 4.18. The molecule has 2 heteroatoms. The molecule has 0 unspecified atom stereocenters. The summed E-state index contributed by atoms with van der Waals surface area (Å²) in [7, 11) is 0. The Morgan fingerprint density at radius 3 is 2.30 bits per heavy atom. The minimum absolute atomic E-state index is 0.165. The van der Waals surface area contributed by atoms with E-state index in [0.29, 0.717) is 0 Å². The maximum atomic E-state index is 6.18. The second kappa shape index (κ2) is 2.21. The Balaban J connectivity index is 1.97. The summed E-state index contributed by atoms with van der Waals surface area (Å²) < 4.78 is 5.26. The van der Waals surface area contributed by atoms with E-state index in [9.17, 15) is 0 Å². The van der Waals surface area contributed by atoms with Gasteiger partial charge in [0.2, 0.25) is 0 Å². The second-order valence-corrected chi connectivity index (χ2v) is 3.62. The Morgan fingerprint density at radius 1 is 1.20 bits per heavy atom. The predicted molar refractivity (Wildman–Crippen MR) is 39.7 cm³/mol. The van der Waals surface area contributed by atoms with Crippen molar-refractivity contribution >= 4 is 0 Å². The first-order valence-electron chi connectivity index (χ1n) is 4.18. The summed E-state index contributed by atoms with van der Waals surface area (Å²) in [5.41, 5.74) is 6.35. The molecule has 0 aromatic rings. The van der Waals surface area contributed by atoms with E-state index in [1.807, 2.05) is 0 Å². The average Bonchev–Trinajstić information content (AvgIpc) is 2.69. The normalized spacial score (nSPS) is 32.1. The fraction of sp³-hybridized carbons (Fsp3) is 1.00. The summed E-state index contributed by atoms with van der Waals surface area (Å²) >= 11 is 0. The third kappa shape index (κ3) is 1.06. The second-order valence-electron chi connectivity index (χ2n) is 3.62. The smallest absolute Gasteiger partial charge is 0.0483 e. The lowest BCUT2D eigenvalue weighted by atomic mass is 9.86. The molecule has 0 aromatic heterocycles. The molecule has 2 aliphatic rings. The highest BCUT2D eigenvalue weighted by molar-refractivity contribution is 4.99. The standard InChI is InChI=1S/C8H15NO/c9-8(7-1-2-7)3-5-10-6-4-8/h7H,1-6,9H2. The van der Waals surface area contributed by atoms with E-state index in [-0.39, 0.29) is 5.54 Å². The van der Waals surface area contributed by atoms with Gasteiger partial charge in [0.15, 0.2) is 0 Å². The van der Waals surface area contributed by atoms with Crippen molar-refractivity contribution in [3.63, 3.8) is 0 Å². The minimum atomic E-state index is 0.165. The van der Waals surface area contributed by atoms with Crippen LogP contribution in [0.1, 0.15) is 25.7 Å². The van der Waals surface area contributed by atoms with Crippen molar-refractivity contribution in [3.05, 3.63) is 0 Å². The van der Waals surface area contributed by atoms with Gasteiger partial charge in [-0.2, -0.15) is 0 Å². The number of hydrogen-bond donors (Lipinski definition) is 1. The van der Waals surface area contributed by atoms with Crippen LogP contribution < -0.4 is 5.73 Å². The summed E-state index contributed by atoms with van der Waals surface area (Å²) in [4.78, 5) is 0. The highest BCUT2D eigenvalue weighted by atomic mass is 16.5. The number of nitrogens with two attached hydrogens (primary N) is 1. The van der Waals surface area contributed by atoms with Gasteiger partial charge in [0.1, 0.15) is 0 Å². The van der Waals surface area contributed by atoms with Crippen LogP contribution >= 0.6 is 0 Å². The van der Waals surface area contributed by atoms with E-state index < -0.39 is 0 Å². The van der Waals surface area contributed by atoms with Crippen molar-refractivity contribution in [2.24, 2.45) is 11.7 Å². The first kappa shape index (κ1) is 6.62. The Bertz CT molecular complexity index is 125. The molecule has 10 heavy (non-hydrogen) atoms. The molecular weight excluding hydrogens is 126 g/mol. The Hall–Kier alpha value is -0.0800. The van der Waals surface area contributed by atoms with E-state index in [0.717, 1.165) is 32.0 Å². The van der Waals surface area contributed by atoms with Crippen molar-refractivity contribution in [2.75, 3.05) is 13.2 Å². The summed E-state index contributed by atoms with van der Waals surface area (Å²) in [5, 5.41) is 0. The van der Waals surface area contributed by atoms with E-state index in [2.05, 4.69) is 0 Å². The molecule has 1 saturated heterocycles. The third-order valence-corrected chi connectivity index (χ3v) is 2.81. The molecule has 2 nitrogen and oxygen atoms in total. The lowest BCUT2D eigenvalue weighted by molar-refractivity contribution is 0.0454. The van der Waals surface area contributed by atoms with Crippen LogP contribution in [-0.2, 0) is 4.74 Å². The molecule has 1 heterocycles. The lowest BCUT2D eigenvalue weighted by Gasteiger charge is -2.33. The van der Waals surface area contributed by atoms with Crippen LogP contribution in [0.15, 0.2) is 0 Å². The largest absolute Gasteiger partial charge is 0.381 e. The molecule has 0 radical (unpaired) electrons. The molecule has 1 saturated carbocycles. The number of rotatable bonds is 1. The molecule has 0 amide bonds. The van der Waals surface area contributed by atoms with Crippen LogP contribution in [0.25, 0.3) is 0 Å². The predicted octanol–water partition coefficient (Wildman–Crippen LogP) is 0.904. The van der Waals surface area contributed by atoms with Gasteiger partial charge >= 0.3 is 0 Å². The van der Waals surface area contributed by atoms with Gasteiger partial charge in [-0.1, -0.05) is 0 Å². The number of hydrogen-bond acceptors (Lipinski definition) is 2. The van der Waals surface area contributed by atoms with Gasteiger partial charge in [0.05, 0.1) is 0 Å². The molecule has 0 atom stereocenters. The average molecular weight is 141 g/mol. The van der Waals surface area contributed by atoms with E-state index in [1.54, 1.807) is 0 Å². The van der Waals surface area contributed by atoms with Gasteiger partial charge in [-0.05, 0) is 31.6 Å². The summed E-state index contributed by atoms with van der Waals surface area (Å²) in [6, 6.07) is 0. The van der Waals surface area contributed by atoms with E-state index >= 15 is 0 Å². The SMILES string of the molecule is NC1(C2CC2)CCOCC1. The third-order valence-electron chi connectivity index (χ3n) is 2.81. The molecule has 1 aliphatic heterocycles. The quantitative estimate of drug-likeness (QED) is 0.589. The topological polar surface area (TPSA) is 35.2 Å². The van der Waals surface area contributed by atoms with Crippen molar-refractivity contribution in [1.29, 1.82) is 0 Å². The fourth-order valence-corrected chi connectivity index (χ4v) is 1.82. The molecular formula is C8H15NO. The van der Waals surface area contributed by atoms with Crippen molar-refractivity contribution in [2.45, 2.75) is 31.2 Å². The van der Waals surface area contributed by atoms with Crippen LogP contribution in [0.2, 0.25) is 0 Å². The van der Waals surface area contributed by atoms with Crippen LogP contribution in [0.4, 0.5) is 0 Å². The lowest BCUT2D eigenvalue weighted by Crippen LogP contribution is -2.46. The highest BCUT2D eigenvalue weighted by Crippen LogP contribution is 2.42. The molecule has 0 spiro atoms. The summed E-state index contributed by atoms with van der Waals surface area (Å²) in [5.74, 6) is 0.830. The zero-order valence-electron chi connectivity index (χ0n) is 6.31. The van der Waals surface area contributed by atoms with Crippen molar-refractivity contribution < 1.29 is 4.74 Å². The van der Waals surface area contributed by atoms with Gasteiger partial charge in [-0.3, -0.25) is 0 Å². The monoisotopic (exact) mass is 141 g/mol. The Morgan fingerprint density at radius 2 is 1.80 bits per heavy atom. The van der Waals surface area contributed by atoms with Gasteiger partial charge in [0.25, 0.3) is 0 Å². The van der Waals surface area contributed by atoms with Crippen LogP contribution in [0, 0.1) is 5.92 Å². The molecule has 2 N–H and O–H groups in total.